The molecule has 0 aliphatic carbocycles. The number of hydrogen-bond donors (Lipinski definition) is 2. The number of nitrogens with zero attached hydrogens (tertiary/aromatic N) is 2. The average molecular weight is 320 g/mol. The smallest absolute Gasteiger partial charge is 0.215 e. The van der Waals surface area contributed by atoms with Crippen LogP contribution in [0, 0.1) is 5.92 Å². The molecule has 0 aromatic heterocycles. The quantitative estimate of drug-likeness (QED) is 0.504. The van der Waals surface area contributed by atoms with Gasteiger partial charge in [-0.15, -0.1) is 0 Å². The van der Waals surface area contributed by atoms with Crippen molar-refractivity contribution in [2.24, 2.45) is 10.9 Å². The minimum atomic E-state index is -3.22. The van der Waals surface area contributed by atoms with Crippen LogP contribution in [0.3, 0.4) is 0 Å². The number of ether oxygens (including phenoxy) is 1. The summed E-state index contributed by atoms with van der Waals surface area (Å²) in [6, 6.07) is 0. The highest BCUT2D eigenvalue weighted by atomic mass is 32.2. The van der Waals surface area contributed by atoms with E-state index >= 15 is 0 Å². The van der Waals surface area contributed by atoms with Crippen LogP contribution in [-0.2, 0) is 14.8 Å². The molecule has 1 aliphatic heterocycles. The van der Waals surface area contributed by atoms with Crippen LogP contribution in [0.4, 0.5) is 0 Å². The van der Waals surface area contributed by atoms with E-state index in [0.29, 0.717) is 51.3 Å². The van der Waals surface area contributed by atoms with E-state index in [9.17, 15) is 8.42 Å². The minimum Gasteiger partial charge on any atom is -0.379 e. The first-order valence-electron chi connectivity index (χ1n) is 7.53. The topological polar surface area (TPSA) is 83.0 Å². The molecule has 0 atom stereocenters. The summed E-state index contributed by atoms with van der Waals surface area (Å²) in [5, 5.41) is 6.19. The van der Waals surface area contributed by atoms with E-state index in [-0.39, 0.29) is 5.75 Å². The van der Waals surface area contributed by atoms with Gasteiger partial charge in [0.25, 0.3) is 0 Å². The van der Waals surface area contributed by atoms with Gasteiger partial charge in [-0.25, -0.2) is 8.42 Å². The monoisotopic (exact) mass is 320 g/mol. The number of rotatable bonds is 7. The zero-order chi connectivity index (χ0) is 15.7. The van der Waals surface area contributed by atoms with Gasteiger partial charge in [-0.05, 0) is 12.8 Å². The van der Waals surface area contributed by atoms with Crippen molar-refractivity contribution in [2.75, 3.05) is 51.7 Å². The summed E-state index contributed by atoms with van der Waals surface area (Å²) in [4.78, 5) is 4.41. The van der Waals surface area contributed by atoms with Crippen LogP contribution in [0.5, 0.6) is 0 Å². The lowest BCUT2D eigenvalue weighted by atomic mass is 10.2. The fourth-order valence-corrected chi connectivity index (χ4v) is 3.19. The van der Waals surface area contributed by atoms with Gasteiger partial charge in [0.05, 0.1) is 19.0 Å². The molecule has 0 unspecified atom stereocenters. The normalized spacial score (nSPS) is 18.0. The summed E-state index contributed by atoms with van der Waals surface area (Å²) in [5.41, 5.74) is 0. The second kappa shape index (κ2) is 9.22. The third-order valence-electron chi connectivity index (χ3n) is 2.97. The zero-order valence-electron chi connectivity index (χ0n) is 13.3. The second-order valence-electron chi connectivity index (χ2n) is 5.37. The fourth-order valence-electron chi connectivity index (χ4n) is 1.87. The molecule has 0 aromatic rings. The van der Waals surface area contributed by atoms with Gasteiger partial charge in [0.1, 0.15) is 0 Å². The van der Waals surface area contributed by atoms with Crippen LogP contribution in [-0.4, -0.2) is 70.4 Å². The van der Waals surface area contributed by atoms with E-state index in [0.717, 1.165) is 6.54 Å². The predicted molar refractivity (Wildman–Crippen MR) is 85.0 cm³/mol. The number of nitrogens with one attached hydrogen (secondary N) is 2. The summed E-state index contributed by atoms with van der Waals surface area (Å²) in [5.74, 6) is 1.21. The van der Waals surface area contributed by atoms with Gasteiger partial charge in [0.2, 0.25) is 10.0 Å². The Morgan fingerprint density at radius 3 is 2.52 bits per heavy atom. The summed E-state index contributed by atoms with van der Waals surface area (Å²) in [7, 11) is -3.22. The molecule has 0 amide bonds. The van der Waals surface area contributed by atoms with Crippen molar-refractivity contribution < 1.29 is 13.2 Å². The van der Waals surface area contributed by atoms with Crippen molar-refractivity contribution >= 4 is 16.0 Å². The highest BCUT2D eigenvalue weighted by Gasteiger charge is 2.23. The second-order valence-corrected chi connectivity index (χ2v) is 7.46. The molecule has 1 saturated heterocycles. The van der Waals surface area contributed by atoms with Crippen molar-refractivity contribution in [3.8, 4) is 0 Å². The van der Waals surface area contributed by atoms with E-state index in [4.69, 9.17) is 4.74 Å². The Bertz CT molecular complexity index is 417. The van der Waals surface area contributed by atoms with Gasteiger partial charge < -0.3 is 15.4 Å². The highest BCUT2D eigenvalue weighted by molar-refractivity contribution is 7.89. The molecule has 0 saturated carbocycles. The van der Waals surface area contributed by atoms with Crippen molar-refractivity contribution in [2.45, 2.75) is 20.8 Å². The number of guanidine groups is 1. The standard InChI is InChI=1S/C13H28N4O3S/c1-4-14-13(16-11-12(2)3)15-5-10-21(18,19)17-6-8-20-9-7-17/h12H,4-11H2,1-3H3,(H2,14,15,16). The molecule has 0 bridgehead atoms. The Labute approximate surface area is 128 Å². The van der Waals surface area contributed by atoms with Crippen molar-refractivity contribution in [3.63, 3.8) is 0 Å². The van der Waals surface area contributed by atoms with Gasteiger partial charge in [-0.1, -0.05) is 13.8 Å². The molecule has 0 aromatic carbocycles. The molecule has 7 nitrogen and oxygen atoms in total. The van der Waals surface area contributed by atoms with Gasteiger partial charge in [0, 0.05) is 32.7 Å². The summed E-state index contributed by atoms with van der Waals surface area (Å²) in [6.45, 7) is 9.84. The maximum atomic E-state index is 12.2. The molecular formula is C13H28N4O3S. The molecule has 8 heteroatoms. The average Bonchev–Trinajstić information content (AvgIpc) is 2.45. The maximum absolute atomic E-state index is 12.2. The molecule has 0 spiro atoms. The largest absolute Gasteiger partial charge is 0.379 e. The third kappa shape index (κ3) is 7.10. The molecule has 124 valence electrons. The van der Waals surface area contributed by atoms with Gasteiger partial charge >= 0.3 is 0 Å². The maximum Gasteiger partial charge on any atom is 0.215 e. The molecule has 1 rings (SSSR count). The van der Waals surface area contributed by atoms with Crippen molar-refractivity contribution in [1.29, 1.82) is 0 Å². The predicted octanol–water partition coefficient (Wildman–Crippen LogP) is -0.140. The number of morpholine rings is 1. The first kappa shape index (κ1) is 18.2. The molecule has 2 N–H and O–H groups in total. The van der Waals surface area contributed by atoms with E-state index in [1.165, 1.54) is 4.31 Å². The molecule has 1 heterocycles. The lowest BCUT2D eigenvalue weighted by Gasteiger charge is -2.26. The Morgan fingerprint density at radius 1 is 1.29 bits per heavy atom. The number of hydrogen-bond acceptors (Lipinski definition) is 4. The van der Waals surface area contributed by atoms with Crippen molar-refractivity contribution in [3.05, 3.63) is 0 Å². The van der Waals surface area contributed by atoms with E-state index in [2.05, 4.69) is 29.5 Å². The number of sulfonamides is 1. The van der Waals surface area contributed by atoms with E-state index in [1.54, 1.807) is 0 Å². The van der Waals surface area contributed by atoms with Crippen LogP contribution < -0.4 is 10.6 Å². The fraction of sp³-hybridized carbons (Fsp3) is 0.923. The van der Waals surface area contributed by atoms with Crippen molar-refractivity contribution in [1.82, 2.24) is 14.9 Å². The van der Waals surface area contributed by atoms with Crippen LogP contribution in [0.2, 0.25) is 0 Å². The van der Waals surface area contributed by atoms with Gasteiger partial charge in [-0.2, -0.15) is 4.31 Å². The summed E-state index contributed by atoms with van der Waals surface area (Å²) < 4.78 is 31.0. The Morgan fingerprint density at radius 2 is 1.95 bits per heavy atom. The summed E-state index contributed by atoms with van der Waals surface area (Å²) in [6.07, 6.45) is 0. The molecule has 1 fully saturated rings. The van der Waals surface area contributed by atoms with Crippen LogP contribution in [0.1, 0.15) is 20.8 Å². The van der Waals surface area contributed by atoms with Gasteiger partial charge in [-0.3, -0.25) is 4.99 Å². The van der Waals surface area contributed by atoms with Crippen LogP contribution in [0.15, 0.2) is 4.99 Å². The lowest BCUT2D eigenvalue weighted by Crippen LogP contribution is -2.45. The van der Waals surface area contributed by atoms with E-state index < -0.39 is 10.0 Å². The zero-order valence-corrected chi connectivity index (χ0v) is 14.1. The first-order valence-corrected chi connectivity index (χ1v) is 9.14. The molecule has 0 radical (unpaired) electrons. The minimum absolute atomic E-state index is 0.0685. The molecule has 1 aliphatic rings. The van der Waals surface area contributed by atoms with Crippen LogP contribution >= 0.6 is 0 Å². The van der Waals surface area contributed by atoms with E-state index in [1.807, 2.05) is 6.92 Å². The first-order chi connectivity index (χ1) is 9.95. The van der Waals surface area contributed by atoms with Gasteiger partial charge in [0.15, 0.2) is 5.96 Å². The lowest BCUT2D eigenvalue weighted by molar-refractivity contribution is 0.0730. The highest BCUT2D eigenvalue weighted by Crippen LogP contribution is 2.04. The third-order valence-corrected chi connectivity index (χ3v) is 4.85. The Balaban J connectivity index is 2.43. The Hall–Kier alpha value is -0.860. The number of aliphatic imine (C=N–C) groups is 1. The summed E-state index contributed by atoms with van der Waals surface area (Å²) >= 11 is 0. The molecule has 21 heavy (non-hydrogen) atoms. The SMILES string of the molecule is CCNC(=NCC(C)C)NCCS(=O)(=O)N1CCOCC1. The van der Waals surface area contributed by atoms with Crippen LogP contribution in [0.25, 0.3) is 0 Å². The Kier molecular flexibility index (Phi) is 7.98. The molecular weight excluding hydrogens is 292 g/mol.